The second kappa shape index (κ2) is 9.36. The maximum atomic E-state index is 12.8. The molecule has 0 saturated carbocycles. The summed E-state index contributed by atoms with van der Waals surface area (Å²) in [5, 5.41) is 5.92. The molecule has 0 fully saturated rings. The molecule has 0 aliphatic heterocycles. The number of imidazole rings is 1. The highest BCUT2D eigenvalue weighted by Gasteiger charge is 2.20. The Kier molecular flexibility index (Phi) is 6.37. The first-order valence-electron chi connectivity index (χ1n) is 10.3. The fourth-order valence-electron chi connectivity index (χ4n) is 3.52. The van der Waals surface area contributed by atoms with E-state index in [1.54, 1.807) is 12.1 Å². The molecule has 0 aliphatic carbocycles. The molecule has 0 spiro atoms. The smallest absolute Gasteiger partial charge is 0.251 e. The Hall–Kier alpha value is -3.45. The number of aryl methyl sites for hydroxylation is 1. The van der Waals surface area contributed by atoms with Gasteiger partial charge in [0.1, 0.15) is 12.4 Å². The molecule has 0 saturated heterocycles. The van der Waals surface area contributed by atoms with Crippen LogP contribution < -0.4 is 10.6 Å². The summed E-state index contributed by atoms with van der Waals surface area (Å²) >= 11 is 3.39. The lowest BCUT2D eigenvalue weighted by Gasteiger charge is -2.16. The molecule has 0 bridgehead atoms. The van der Waals surface area contributed by atoms with E-state index in [2.05, 4.69) is 26.6 Å². The molecule has 32 heavy (non-hydrogen) atoms. The van der Waals surface area contributed by atoms with Crippen LogP contribution in [-0.2, 0) is 11.3 Å². The number of nitrogens with one attached hydrogen (secondary N) is 2. The molecule has 6 nitrogen and oxygen atoms in total. The Bertz CT molecular complexity index is 1260. The maximum absolute atomic E-state index is 12.8. The zero-order chi connectivity index (χ0) is 22.7. The number of benzene rings is 3. The van der Waals surface area contributed by atoms with Crippen molar-refractivity contribution >= 4 is 44.5 Å². The zero-order valence-electron chi connectivity index (χ0n) is 17.8. The van der Waals surface area contributed by atoms with Crippen molar-refractivity contribution in [2.45, 2.75) is 26.4 Å². The molecule has 2 amide bonds. The van der Waals surface area contributed by atoms with Crippen LogP contribution in [0.25, 0.3) is 11.0 Å². The number of para-hydroxylation sites is 2. The van der Waals surface area contributed by atoms with Crippen molar-refractivity contribution in [2.24, 2.45) is 0 Å². The minimum atomic E-state index is -0.392. The fourth-order valence-corrected chi connectivity index (χ4v) is 3.78. The van der Waals surface area contributed by atoms with E-state index >= 15 is 0 Å². The molecule has 4 aromatic rings. The van der Waals surface area contributed by atoms with Gasteiger partial charge in [0.25, 0.3) is 5.91 Å². The first kappa shape index (κ1) is 21.8. The number of hydrogen-bond donors (Lipinski definition) is 2. The molecule has 162 valence electrons. The summed E-state index contributed by atoms with van der Waals surface area (Å²) in [6, 6.07) is 22.1. The van der Waals surface area contributed by atoms with Crippen molar-refractivity contribution < 1.29 is 9.59 Å². The van der Waals surface area contributed by atoms with Gasteiger partial charge in [0, 0.05) is 15.7 Å². The van der Waals surface area contributed by atoms with Gasteiger partial charge in [-0.15, -0.1) is 0 Å². The van der Waals surface area contributed by atoms with Crippen molar-refractivity contribution in [1.29, 1.82) is 0 Å². The SMILES string of the molecule is Cc1ccc(C(=O)N[C@H](C)c2nc3ccccc3n2CC(=O)Nc2ccc(Br)cc2)cc1. The Morgan fingerprint density at radius 3 is 2.41 bits per heavy atom. The lowest BCUT2D eigenvalue weighted by molar-refractivity contribution is -0.116. The van der Waals surface area contributed by atoms with Crippen LogP contribution >= 0.6 is 15.9 Å². The largest absolute Gasteiger partial charge is 0.342 e. The molecular weight excluding hydrogens is 468 g/mol. The van der Waals surface area contributed by atoms with Gasteiger partial charge in [-0.2, -0.15) is 0 Å². The summed E-state index contributed by atoms with van der Waals surface area (Å²) in [6.07, 6.45) is 0. The fraction of sp³-hybridized carbons (Fsp3) is 0.160. The summed E-state index contributed by atoms with van der Waals surface area (Å²) in [7, 11) is 0. The van der Waals surface area contributed by atoms with Crippen molar-refractivity contribution in [3.63, 3.8) is 0 Å². The van der Waals surface area contributed by atoms with Gasteiger partial charge in [-0.25, -0.2) is 4.98 Å². The van der Waals surface area contributed by atoms with Gasteiger partial charge in [-0.05, 0) is 62.4 Å². The van der Waals surface area contributed by atoms with Gasteiger partial charge in [-0.1, -0.05) is 45.8 Å². The van der Waals surface area contributed by atoms with Crippen LogP contribution in [0.15, 0.2) is 77.3 Å². The Balaban J connectivity index is 1.57. The first-order valence-corrected chi connectivity index (χ1v) is 11.1. The van der Waals surface area contributed by atoms with Gasteiger partial charge < -0.3 is 15.2 Å². The van der Waals surface area contributed by atoms with Gasteiger partial charge in [0.2, 0.25) is 5.91 Å². The number of fused-ring (bicyclic) bond motifs is 1. The van der Waals surface area contributed by atoms with Crippen LogP contribution in [0.4, 0.5) is 5.69 Å². The third-order valence-electron chi connectivity index (χ3n) is 5.16. The monoisotopic (exact) mass is 490 g/mol. The maximum Gasteiger partial charge on any atom is 0.251 e. The Labute approximate surface area is 194 Å². The average Bonchev–Trinajstić information content (AvgIpc) is 3.14. The standard InChI is InChI=1S/C25H23BrN4O2/c1-16-7-9-18(10-8-16)25(32)27-17(2)24-29-21-5-3-4-6-22(21)30(24)15-23(31)28-20-13-11-19(26)12-14-20/h3-14,17H,15H2,1-2H3,(H,27,32)(H,28,31)/t17-/m1/s1. The molecule has 3 aromatic carbocycles. The number of hydrogen-bond acceptors (Lipinski definition) is 3. The van der Waals surface area contributed by atoms with Crippen LogP contribution in [0.5, 0.6) is 0 Å². The second-order valence-electron chi connectivity index (χ2n) is 7.66. The van der Waals surface area contributed by atoms with Crippen molar-refractivity contribution in [1.82, 2.24) is 14.9 Å². The molecule has 4 rings (SSSR count). The normalized spacial score (nSPS) is 11.8. The van der Waals surface area contributed by atoms with Crippen LogP contribution in [0.3, 0.4) is 0 Å². The van der Waals surface area contributed by atoms with E-state index in [1.165, 1.54) is 0 Å². The summed E-state index contributed by atoms with van der Waals surface area (Å²) < 4.78 is 2.79. The lowest BCUT2D eigenvalue weighted by atomic mass is 10.1. The summed E-state index contributed by atoms with van der Waals surface area (Å²) in [5.41, 5.74) is 4.00. The minimum absolute atomic E-state index is 0.0800. The zero-order valence-corrected chi connectivity index (χ0v) is 19.4. The van der Waals surface area contributed by atoms with Crippen molar-refractivity contribution in [2.75, 3.05) is 5.32 Å². The van der Waals surface area contributed by atoms with E-state index in [4.69, 9.17) is 4.98 Å². The Morgan fingerprint density at radius 2 is 1.69 bits per heavy atom. The van der Waals surface area contributed by atoms with E-state index < -0.39 is 6.04 Å². The molecule has 1 atom stereocenters. The summed E-state index contributed by atoms with van der Waals surface area (Å²) in [5.74, 6) is 0.266. The van der Waals surface area contributed by atoms with E-state index in [0.717, 1.165) is 21.1 Å². The highest BCUT2D eigenvalue weighted by atomic mass is 79.9. The van der Waals surface area contributed by atoms with Gasteiger partial charge in [0.05, 0.1) is 17.1 Å². The molecule has 1 aromatic heterocycles. The van der Waals surface area contributed by atoms with Crippen molar-refractivity contribution in [3.05, 3.63) is 94.2 Å². The highest BCUT2D eigenvalue weighted by molar-refractivity contribution is 9.10. The number of anilines is 1. The predicted molar refractivity (Wildman–Crippen MR) is 130 cm³/mol. The number of amides is 2. The second-order valence-corrected chi connectivity index (χ2v) is 8.58. The highest BCUT2D eigenvalue weighted by Crippen LogP contribution is 2.22. The topological polar surface area (TPSA) is 76.0 Å². The third-order valence-corrected chi connectivity index (χ3v) is 5.69. The number of nitrogens with zero attached hydrogens (tertiary/aromatic N) is 2. The lowest BCUT2D eigenvalue weighted by Crippen LogP contribution is -2.30. The van der Waals surface area contributed by atoms with Crippen LogP contribution in [0, 0.1) is 6.92 Å². The quantitative estimate of drug-likeness (QED) is 0.388. The van der Waals surface area contributed by atoms with E-state index in [9.17, 15) is 9.59 Å². The predicted octanol–water partition coefficient (Wildman–Crippen LogP) is 5.24. The molecule has 7 heteroatoms. The van der Waals surface area contributed by atoms with E-state index in [1.807, 2.05) is 79.1 Å². The van der Waals surface area contributed by atoms with E-state index in [-0.39, 0.29) is 18.4 Å². The van der Waals surface area contributed by atoms with Gasteiger partial charge >= 0.3 is 0 Å². The molecular formula is C25H23BrN4O2. The average molecular weight is 491 g/mol. The van der Waals surface area contributed by atoms with Crippen molar-refractivity contribution in [3.8, 4) is 0 Å². The summed E-state index contributed by atoms with van der Waals surface area (Å²) in [4.78, 5) is 30.2. The van der Waals surface area contributed by atoms with Gasteiger partial charge in [-0.3, -0.25) is 9.59 Å². The summed E-state index contributed by atoms with van der Waals surface area (Å²) in [6.45, 7) is 3.93. The van der Waals surface area contributed by atoms with E-state index in [0.29, 0.717) is 17.1 Å². The molecule has 1 heterocycles. The number of rotatable bonds is 6. The Morgan fingerprint density at radius 1 is 1.00 bits per heavy atom. The third kappa shape index (κ3) is 4.89. The molecule has 2 N–H and O–H groups in total. The molecule has 0 aliphatic rings. The number of carbonyl (C=O) groups excluding carboxylic acids is 2. The van der Waals surface area contributed by atoms with Crippen LogP contribution in [0.1, 0.15) is 34.7 Å². The van der Waals surface area contributed by atoms with Crippen LogP contribution in [0.2, 0.25) is 0 Å². The number of carbonyl (C=O) groups is 2. The minimum Gasteiger partial charge on any atom is -0.342 e. The number of halogens is 1. The first-order chi connectivity index (χ1) is 15.4. The number of aromatic nitrogens is 2. The van der Waals surface area contributed by atoms with Gasteiger partial charge in [0.15, 0.2) is 0 Å². The molecule has 0 radical (unpaired) electrons. The molecule has 0 unspecified atom stereocenters. The van der Waals surface area contributed by atoms with Crippen LogP contribution in [-0.4, -0.2) is 21.4 Å².